The Labute approximate surface area is 310 Å². The lowest BCUT2D eigenvalue weighted by atomic mass is 9.56. The van der Waals surface area contributed by atoms with Crippen LogP contribution in [0.3, 0.4) is 0 Å². The van der Waals surface area contributed by atoms with Crippen molar-refractivity contribution in [1.29, 1.82) is 0 Å². The molecule has 6 atom stereocenters. The molecule has 0 spiro atoms. The number of para-hydroxylation sites is 1. The summed E-state index contributed by atoms with van der Waals surface area (Å²) in [5.41, 5.74) is -7.15. The predicted molar refractivity (Wildman–Crippen MR) is 168 cm³/mol. The molecule has 2 saturated heterocycles. The molecular formula is C35H19Cl2F11N2O5. The number of hydrogen-bond acceptors (Lipinski definition) is 5. The molecule has 2 heterocycles. The number of halogens is 13. The van der Waals surface area contributed by atoms with E-state index in [1.54, 1.807) is 0 Å². The topological polar surface area (TPSA) is 95.0 Å². The number of hydrogen-bond donors (Lipinski definition) is 1. The van der Waals surface area contributed by atoms with Gasteiger partial charge in [-0.1, -0.05) is 29.8 Å². The predicted octanol–water partition coefficient (Wildman–Crippen LogP) is 8.20. The first kappa shape index (κ1) is 38.6. The van der Waals surface area contributed by atoms with Crippen molar-refractivity contribution in [2.45, 2.75) is 47.8 Å². The van der Waals surface area contributed by atoms with Crippen LogP contribution >= 0.6 is 23.2 Å². The summed E-state index contributed by atoms with van der Waals surface area (Å²) < 4.78 is 156. The number of nitrogens with zero attached hydrogens (tertiary/aromatic N) is 2. The second-order valence-electron chi connectivity index (χ2n) is 13.5. The minimum atomic E-state index is -5.37. The van der Waals surface area contributed by atoms with E-state index in [2.05, 4.69) is 0 Å². The fraction of sp³-hybridized carbons (Fsp3) is 0.314. The summed E-state index contributed by atoms with van der Waals surface area (Å²) >= 11 is 14.0. The third-order valence-electron chi connectivity index (χ3n) is 10.6. The molecule has 1 saturated carbocycles. The second kappa shape index (κ2) is 12.1. The Morgan fingerprint density at radius 3 is 1.84 bits per heavy atom. The number of rotatable bonds is 3. The molecule has 4 amide bonds. The van der Waals surface area contributed by atoms with Gasteiger partial charge >= 0.3 is 12.4 Å². The van der Waals surface area contributed by atoms with Gasteiger partial charge in [0.25, 0.3) is 11.8 Å². The highest BCUT2D eigenvalue weighted by Crippen LogP contribution is 2.67. The molecule has 7 rings (SSSR count). The number of imide groups is 2. The Balaban J connectivity index is 1.42. The number of alkyl halides is 8. The van der Waals surface area contributed by atoms with Gasteiger partial charge < -0.3 is 5.11 Å². The van der Waals surface area contributed by atoms with Gasteiger partial charge in [0.1, 0.15) is 11.4 Å². The molecule has 3 aromatic carbocycles. The van der Waals surface area contributed by atoms with Gasteiger partial charge in [0, 0.05) is 11.5 Å². The molecular weight excluding hydrogens is 808 g/mol. The maximum atomic E-state index is 15.2. The standard InChI is InChI=1S/C35H19Cl2F11N2O5/c1-11-3-2-4-17(27(11)51)20-15-5-6-16-19(29(53)49(28(16)52)14-8-12(34(43,44)45)7-13(9-14)35(46,47)48)18(15)10-32(36)30(54)50(31(55)33(20,32)37)26-24(41)22(39)21(38)23(40)25(26)42/h2-5,7-9,16,18-20,51H,6,10H2,1H3/t16-,18+,19-,20+,32+,33-/m0/s1. The van der Waals surface area contributed by atoms with E-state index in [1.165, 1.54) is 31.2 Å². The average Bonchev–Trinajstić information content (AvgIpc) is 3.45. The fourth-order valence-corrected chi connectivity index (χ4v) is 9.08. The number of fused-ring (bicyclic) bond motifs is 4. The Bertz CT molecular complexity index is 2250. The zero-order valence-electron chi connectivity index (χ0n) is 27.2. The molecule has 0 radical (unpaired) electrons. The first-order chi connectivity index (χ1) is 25.4. The highest BCUT2D eigenvalue weighted by atomic mass is 35.5. The SMILES string of the molecule is Cc1cccc([C@H]2C3=CC[C@@H]4C(=O)N(c5cc(C(F)(F)F)cc(C(F)(F)F)c5)C(=O)[C@@H]4[C@@H]3C[C@@]3(Cl)C(=O)N(c4c(F)c(F)c(F)c(F)c4F)C(=O)[C@@]23Cl)c1O. The average molecular weight is 827 g/mol. The lowest BCUT2D eigenvalue weighted by Gasteiger charge is -2.50. The van der Waals surface area contributed by atoms with Crippen LogP contribution < -0.4 is 9.80 Å². The normalized spacial score (nSPS) is 28.1. The van der Waals surface area contributed by atoms with E-state index in [0.29, 0.717) is 0 Å². The van der Waals surface area contributed by atoms with Gasteiger partial charge in [-0.15, -0.1) is 23.2 Å². The molecule has 4 aliphatic rings. The van der Waals surface area contributed by atoms with Crippen molar-refractivity contribution >= 4 is 58.2 Å². The van der Waals surface area contributed by atoms with Crippen LogP contribution in [0.4, 0.5) is 59.7 Å². The van der Waals surface area contributed by atoms with Gasteiger partial charge in [0.15, 0.2) is 33.0 Å². The van der Waals surface area contributed by atoms with Crippen LogP contribution in [0.1, 0.15) is 41.0 Å². The molecule has 3 aromatic rings. The molecule has 20 heteroatoms. The zero-order chi connectivity index (χ0) is 40.6. The van der Waals surface area contributed by atoms with Gasteiger partial charge in [0.05, 0.1) is 28.7 Å². The van der Waals surface area contributed by atoms with Crippen LogP contribution in [0, 0.1) is 53.8 Å². The largest absolute Gasteiger partial charge is 0.507 e. The molecule has 2 aliphatic carbocycles. The first-order valence-electron chi connectivity index (χ1n) is 15.8. The minimum Gasteiger partial charge on any atom is -0.507 e. The van der Waals surface area contributed by atoms with Gasteiger partial charge in [-0.05, 0) is 49.4 Å². The van der Waals surface area contributed by atoms with E-state index in [4.69, 9.17) is 23.2 Å². The maximum Gasteiger partial charge on any atom is 0.416 e. The molecule has 55 heavy (non-hydrogen) atoms. The van der Waals surface area contributed by atoms with Crippen molar-refractivity contribution in [2.75, 3.05) is 9.80 Å². The quantitative estimate of drug-likeness (QED) is 0.0718. The van der Waals surface area contributed by atoms with Crippen molar-refractivity contribution in [1.82, 2.24) is 0 Å². The minimum absolute atomic E-state index is 0.113. The number of carbonyl (C=O) groups is 4. The van der Waals surface area contributed by atoms with Crippen molar-refractivity contribution in [3.63, 3.8) is 0 Å². The number of benzene rings is 3. The number of aromatic hydroxyl groups is 1. The molecule has 3 fully saturated rings. The van der Waals surface area contributed by atoms with Crippen LogP contribution in [0.5, 0.6) is 5.75 Å². The molecule has 290 valence electrons. The monoisotopic (exact) mass is 826 g/mol. The smallest absolute Gasteiger partial charge is 0.416 e. The van der Waals surface area contributed by atoms with Crippen LogP contribution in [0.2, 0.25) is 0 Å². The second-order valence-corrected chi connectivity index (χ2v) is 14.7. The number of phenolic OH excluding ortho intramolecular Hbond substituents is 1. The summed E-state index contributed by atoms with van der Waals surface area (Å²) in [6.07, 6.45) is -11.0. The number of allylic oxidation sites excluding steroid dienone is 2. The van der Waals surface area contributed by atoms with E-state index in [-0.39, 0.29) is 39.8 Å². The van der Waals surface area contributed by atoms with E-state index in [1.807, 2.05) is 0 Å². The third kappa shape index (κ3) is 5.15. The Kier molecular flexibility index (Phi) is 8.51. The summed E-state index contributed by atoms with van der Waals surface area (Å²) in [7, 11) is 0. The van der Waals surface area contributed by atoms with Crippen molar-refractivity contribution in [3.8, 4) is 5.75 Å². The lowest BCUT2D eigenvalue weighted by molar-refractivity contribution is -0.143. The molecule has 0 aromatic heterocycles. The van der Waals surface area contributed by atoms with Crippen LogP contribution in [-0.2, 0) is 31.5 Å². The summed E-state index contributed by atoms with van der Waals surface area (Å²) in [5.74, 6) is -26.6. The fourth-order valence-electron chi connectivity index (χ4n) is 8.15. The highest BCUT2D eigenvalue weighted by Gasteiger charge is 2.77. The number of anilines is 2. The lowest BCUT2D eigenvalue weighted by Crippen LogP contribution is -2.60. The third-order valence-corrected chi connectivity index (χ3v) is 12.0. The number of phenols is 1. The van der Waals surface area contributed by atoms with Crippen molar-refractivity contribution in [2.24, 2.45) is 17.8 Å². The summed E-state index contributed by atoms with van der Waals surface area (Å²) in [6.45, 7) is 1.38. The summed E-state index contributed by atoms with van der Waals surface area (Å²) in [4.78, 5) is 50.3. The Morgan fingerprint density at radius 2 is 1.29 bits per heavy atom. The van der Waals surface area contributed by atoms with Crippen molar-refractivity contribution < 1.29 is 72.6 Å². The van der Waals surface area contributed by atoms with E-state index in [9.17, 15) is 63.8 Å². The Morgan fingerprint density at radius 1 is 0.745 bits per heavy atom. The van der Waals surface area contributed by atoms with E-state index < -0.39 is 144 Å². The molecule has 7 nitrogen and oxygen atoms in total. The molecule has 2 aliphatic heterocycles. The van der Waals surface area contributed by atoms with Gasteiger partial charge in [-0.25, -0.2) is 31.8 Å². The summed E-state index contributed by atoms with van der Waals surface area (Å²) in [6, 6.07) is 3.97. The van der Waals surface area contributed by atoms with Crippen LogP contribution in [0.25, 0.3) is 0 Å². The van der Waals surface area contributed by atoms with E-state index in [0.717, 1.165) is 0 Å². The molecule has 1 N–H and O–H groups in total. The Hall–Kier alpha value is -4.71. The molecule has 0 bridgehead atoms. The zero-order valence-corrected chi connectivity index (χ0v) is 28.7. The van der Waals surface area contributed by atoms with Gasteiger partial charge in [0.2, 0.25) is 17.6 Å². The van der Waals surface area contributed by atoms with Gasteiger partial charge in [-0.3, -0.25) is 19.2 Å². The van der Waals surface area contributed by atoms with Crippen LogP contribution in [0.15, 0.2) is 48.0 Å². The maximum absolute atomic E-state index is 15.2. The molecule has 0 unspecified atom stereocenters. The summed E-state index contributed by atoms with van der Waals surface area (Å²) in [5, 5.41) is 11.2. The van der Waals surface area contributed by atoms with E-state index >= 15 is 8.78 Å². The number of carbonyl (C=O) groups excluding carboxylic acids is 4. The first-order valence-corrected chi connectivity index (χ1v) is 16.6. The van der Waals surface area contributed by atoms with Gasteiger partial charge in [-0.2, -0.15) is 26.3 Å². The van der Waals surface area contributed by atoms with Crippen molar-refractivity contribution in [3.05, 3.63) is 99.4 Å². The highest BCUT2D eigenvalue weighted by molar-refractivity contribution is 6.58. The van der Waals surface area contributed by atoms with Crippen LogP contribution in [-0.4, -0.2) is 38.5 Å². The number of aryl methyl sites for hydroxylation is 1. The number of amides is 4.